The molecule has 2 aromatic carbocycles. The number of alkyl halides is 1. The number of esters is 1. The number of ether oxygens (including phenoxy) is 2. The molecule has 8 nitrogen and oxygen atoms in total. The molecule has 1 aliphatic carbocycles. The molecule has 6 rings (SSSR count). The first-order valence-electron chi connectivity index (χ1n) is 14.0. The lowest BCUT2D eigenvalue weighted by molar-refractivity contribution is -0.252. The zero-order valence-corrected chi connectivity index (χ0v) is 22.8. The van der Waals surface area contributed by atoms with Gasteiger partial charge in [0.15, 0.2) is 11.4 Å². The summed E-state index contributed by atoms with van der Waals surface area (Å²) in [4.78, 5) is 35.7. The lowest BCUT2D eigenvalue weighted by Crippen LogP contribution is -2.54. The van der Waals surface area contributed by atoms with E-state index in [4.69, 9.17) is 13.9 Å². The van der Waals surface area contributed by atoms with Gasteiger partial charge in [-0.2, -0.15) is 4.39 Å². The minimum absolute atomic E-state index is 0.00435. The molecule has 4 aromatic rings. The van der Waals surface area contributed by atoms with Crippen molar-refractivity contribution in [2.75, 3.05) is 20.2 Å². The second-order valence-electron chi connectivity index (χ2n) is 10.8. The van der Waals surface area contributed by atoms with E-state index >= 15 is 8.78 Å². The predicted octanol–water partition coefficient (Wildman–Crippen LogP) is 5.76. The Kier molecular flexibility index (Phi) is 7.52. The molecule has 1 saturated carbocycles. The van der Waals surface area contributed by atoms with Crippen molar-refractivity contribution in [2.24, 2.45) is 5.92 Å². The molecule has 0 N–H and O–H groups in total. The molecule has 0 spiro atoms. The van der Waals surface area contributed by atoms with Gasteiger partial charge < -0.3 is 13.9 Å². The third-order valence-electron chi connectivity index (χ3n) is 8.19. The number of hydrogen-bond donors (Lipinski definition) is 0. The van der Waals surface area contributed by atoms with Crippen molar-refractivity contribution >= 4 is 33.6 Å². The number of aromatic nitrogens is 2. The third kappa shape index (κ3) is 5.22. The molecule has 41 heavy (non-hydrogen) atoms. The van der Waals surface area contributed by atoms with Crippen LogP contribution in [0.15, 0.2) is 53.1 Å². The summed E-state index contributed by atoms with van der Waals surface area (Å²) < 4.78 is 48.9. The van der Waals surface area contributed by atoms with Crippen LogP contribution in [0, 0.1) is 11.7 Å². The van der Waals surface area contributed by atoms with Crippen molar-refractivity contribution in [3.05, 3.63) is 60.0 Å². The monoisotopic (exact) mass is 563 g/mol. The molecule has 0 bridgehead atoms. The van der Waals surface area contributed by atoms with E-state index in [0.29, 0.717) is 44.5 Å². The number of halogens is 2. The van der Waals surface area contributed by atoms with Crippen LogP contribution in [0.3, 0.4) is 0 Å². The standard InChI is InChI=1S/C31H31F2N3O5/c1-39-30(38)20-8-11-22(12-9-20)41-31(33,36-16-4-5-17-36)25(37)18-21-10-13-24-28(26(21)32)40-29(35-24)27-23-7-3-2-6-19(23)14-15-34-27/h2-3,6-7,10,13-15,20,22H,4-5,8-9,11-12,16-18H2,1H3/t20-,22-,31?. The Morgan fingerprint density at radius 3 is 2.59 bits per heavy atom. The van der Waals surface area contributed by atoms with Crippen molar-refractivity contribution < 1.29 is 32.3 Å². The van der Waals surface area contributed by atoms with Crippen molar-refractivity contribution in [1.29, 1.82) is 0 Å². The fourth-order valence-corrected chi connectivity index (χ4v) is 5.94. The Morgan fingerprint density at radius 2 is 1.83 bits per heavy atom. The number of pyridine rings is 1. The fraction of sp³-hybridized carbons (Fsp3) is 0.419. The zero-order valence-electron chi connectivity index (χ0n) is 22.8. The van der Waals surface area contributed by atoms with Crippen molar-refractivity contribution in [1.82, 2.24) is 14.9 Å². The molecule has 2 aromatic heterocycles. The van der Waals surface area contributed by atoms with Crippen LogP contribution < -0.4 is 0 Å². The highest BCUT2D eigenvalue weighted by Gasteiger charge is 2.49. The Morgan fingerprint density at radius 1 is 1.07 bits per heavy atom. The van der Waals surface area contributed by atoms with Gasteiger partial charge in [-0.15, -0.1) is 0 Å². The Bertz CT molecular complexity index is 1590. The summed E-state index contributed by atoms with van der Waals surface area (Å²) in [6.45, 7) is 0.732. The minimum atomic E-state index is -2.69. The van der Waals surface area contributed by atoms with Gasteiger partial charge in [0.05, 0.1) is 19.1 Å². The van der Waals surface area contributed by atoms with E-state index < -0.39 is 30.1 Å². The number of Topliss-reactive ketones (excluding diaryl/α,β-unsaturated/α-hetero) is 1. The minimum Gasteiger partial charge on any atom is -0.469 e. The van der Waals surface area contributed by atoms with Gasteiger partial charge in [-0.25, -0.2) is 14.3 Å². The van der Waals surface area contributed by atoms with Crippen LogP contribution in [0.1, 0.15) is 44.1 Å². The smallest absolute Gasteiger partial charge is 0.330 e. The third-order valence-corrected chi connectivity index (χ3v) is 8.19. The highest BCUT2D eigenvalue weighted by molar-refractivity contribution is 5.94. The number of likely N-dealkylation sites (tertiary alicyclic amines) is 1. The van der Waals surface area contributed by atoms with Crippen LogP contribution in [0.25, 0.3) is 33.5 Å². The van der Waals surface area contributed by atoms with Gasteiger partial charge in [0.1, 0.15) is 11.2 Å². The molecule has 10 heteroatoms. The van der Waals surface area contributed by atoms with Crippen molar-refractivity contribution in [3.63, 3.8) is 0 Å². The quantitative estimate of drug-likeness (QED) is 0.197. The molecule has 2 aliphatic rings. The molecule has 3 heterocycles. The Hall–Kier alpha value is -3.76. The van der Waals surface area contributed by atoms with E-state index in [1.165, 1.54) is 18.1 Å². The van der Waals surface area contributed by atoms with Gasteiger partial charge in [-0.05, 0) is 61.6 Å². The van der Waals surface area contributed by atoms with Gasteiger partial charge in [0, 0.05) is 31.1 Å². The second-order valence-corrected chi connectivity index (χ2v) is 10.8. The highest BCUT2D eigenvalue weighted by Crippen LogP contribution is 2.36. The predicted molar refractivity (Wildman–Crippen MR) is 147 cm³/mol. The molecule has 1 aliphatic heterocycles. The Labute approximate surface area is 235 Å². The van der Waals surface area contributed by atoms with Gasteiger partial charge in [0.2, 0.25) is 11.7 Å². The number of methoxy groups -OCH3 is 1. The Balaban J connectivity index is 1.25. The normalized spacial score (nSPS) is 21.2. The van der Waals surface area contributed by atoms with E-state index in [9.17, 15) is 9.59 Å². The summed E-state index contributed by atoms with van der Waals surface area (Å²) in [5.74, 6) is -4.72. The molecule has 0 amide bonds. The van der Waals surface area contributed by atoms with Gasteiger partial charge in [-0.3, -0.25) is 14.6 Å². The summed E-state index contributed by atoms with van der Waals surface area (Å²) in [5.41, 5.74) is 0.625. The van der Waals surface area contributed by atoms with Crippen LogP contribution in [0.4, 0.5) is 8.78 Å². The average Bonchev–Trinajstić information content (AvgIpc) is 3.70. The zero-order chi connectivity index (χ0) is 28.6. The van der Waals surface area contributed by atoms with E-state index in [2.05, 4.69) is 9.97 Å². The van der Waals surface area contributed by atoms with Crippen LogP contribution in [-0.2, 0) is 25.5 Å². The largest absolute Gasteiger partial charge is 0.469 e. The maximum Gasteiger partial charge on any atom is 0.330 e. The molecule has 1 atom stereocenters. The average molecular weight is 564 g/mol. The van der Waals surface area contributed by atoms with E-state index in [1.807, 2.05) is 30.3 Å². The van der Waals surface area contributed by atoms with E-state index in [-0.39, 0.29) is 34.4 Å². The maximum atomic E-state index is 16.6. The SMILES string of the molecule is COC(=O)[C@H]1CC[C@H](OC(F)(C(=O)Cc2ccc3nc(-c4nccc5ccccc45)oc3c2F)N2CCCC2)CC1. The number of benzene rings is 2. The van der Waals surface area contributed by atoms with E-state index in [1.54, 1.807) is 12.3 Å². The number of rotatable bonds is 8. The first-order valence-corrected chi connectivity index (χ1v) is 14.0. The first kappa shape index (κ1) is 27.4. The lowest BCUT2D eigenvalue weighted by atomic mass is 9.87. The molecule has 1 saturated heterocycles. The summed E-state index contributed by atoms with van der Waals surface area (Å²) in [5, 5.41) is 1.74. The van der Waals surface area contributed by atoms with Crippen LogP contribution in [0.2, 0.25) is 0 Å². The van der Waals surface area contributed by atoms with Crippen LogP contribution >= 0.6 is 0 Å². The number of oxazole rings is 1. The van der Waals surface area contributed by atoms with Crippen molar-refractivity contribution in [2.45, 2.75) is 57.0 Å². The van der Waals surface area contributed by atoms with Crippen molar-refractivity contribution in [3.8, 4) is 11.6 Å². The topological polar surface area (TPSA) is 94.8 Å². The van der Waals surface area contributed by atoms with Crippen LogP contribution in [0.5, 0.6) is 0 Å². The number of nitrogens with zero attached hydrogens (tertiary/aromatic N) is 3. The van der Waals surface area contributed by atoms with Gasteiger partial charge >= 0.3 is 11.9 Å². The highest BCUT2D eigenvalue weighted by atomic mass is 19.2. The molecular formula is C31H31F2N3O5. The molecule has 2 fully saturated rings. The number of carbonyl (C=O) groups excluding carboxylic acids is 2. The van der Waals surface area contributed by atoms with Crippen LogP contribution in [-0.4, -0.2) is 58.9 Å². The molecule has 1 unspecified atom stereocenters. The second kappa shape index (κ2) is 11.3. The first-order chi connectivity index (χ1) is 19.9. The molecule has 0 radical (unpaired) electrons. The van der Waals surface area contributed by atoms with E-state index in [0.717, 1.165) is 23.6 Å². The molecular weight excluding hydrogens is 532 g/mol. The summed E-state index contributed by atoms with van der Waals surface area (Å²) in [7, 11) is 1.35. The van der Waals surface area contributed by atoms with Gasteiger partial charge in [-0.1, -0.05) is 30.3 Å². The summed E-state index contributed by atoms with van der Waals surface area (Å²) >= 11 is 0. The van der Waals surface area contributed by atoms with Gasteiger partial charge in [0.25, 0.3) is 0 Å². The molecule has 214 valence electrons. The number of ketones is 1. The number of fused-ring (bicyclic) bond motifs is 2. The summed E-state index contributed by atoms with van der Waals surface area (Å²) in [6.07, 6.45) is 3.89. The fourth-order valence-electron chi connectivity index (χ4n) is 5.94. The summed E-state index contributed by atoms with van der Waals surface area (Å²) in [6, 6.07) is 12.5. The number of hydrogen-bond acceptors (Lipinski definition) is 8. The lowest BCUT2D eigenvalue weighted by Gasteiger charge is -2.37. The maximum absolute atomic E-state index is 16.6. The number of carbonyl (C=O) groups is 2.